The molecule has 3 aliphatic heterocycles. The molecule has 43 heavy (non-hydrogen) atoms. The van der Waals surface area contributed by atoms with Crippen LogP contribution in [0.5, 0.6) is 0 Å². The number of anilines is 1. The van der Waals surface area contributed by atoms with E-state index in [9.17, 15) is 19.5 Å². The molecule has 3 aromatic carbocycles. The molecule has 8 heteroatoms. The molecule has 3 fully saturated rings. The first-order chi connectivity index (χ1) is 20.7. The Labute approximate surface area is 257 Å². The number of carbonyl (C=O) groups is 3. The molecule has 2 bridgehead atoms. The first-order valence-corrected chi connectivity index (χ1v) is 15.9. The molecular formula is C35H39N3O4S. The normalized spacial score (nSPS) is 28.0. The highest BCUT2D eigenvalue weighted by Crippen LogP contribution is 2.71. The lowest BCUT2D eigenvalue weighted by molar-refractivity contribution is -0.142. The summed E-state index contributed by atoms with van der Waals surface area (Å²) in [5, 5.41) is 16.9. The maximum atomic E-state index is 14.6. The Balaban J connectivity index is 1.37. The van der Waals surface area contributed by atoms with Gasteiger partial charge in [-0.25, -0.2) is 0 Å². The number of likely N-dealkylation sites (tertiary alicyclic amines) is 1. The van der Waals surface area contributed by atoms with Crippen LogP contribution < -0.4 is 10.6 Å². The lowest BCUT2D eigenvalue weighted by Gasteiger charge is -2.37. The maximum Gasteiger partial charge on any atom is 0.248 e. The highest BCUT2D eigenvalue weighted by molar-refractivity contribution is 8.02. The molecule has 1 spiro atoms. The number of aliphatic hydroxyl groups is 1. The van der Waals surface area contributed by atoms with Gasteiger partial charge in [-0.3, -0.25) is 14.4 Å². The second-order valence-corrected chi connectivity index (χ2v) is 14.4. The number of nitrogens with zero attached hydrogens (tertiary/aromatic N) is 1. The van der Waals surface area contributed by atoms with Crippen LogP contribution in [0.2, 0.25) is 0 Å². The Bertz CT molecular complexity index is 1530. The molecule has 6 rings (SSSR count). The second-order valence-electron chi connectivity index (χ2n) is 12.5. The van der Waals surface area contributed by atoms with Crippen LogP contribution in [0.3, 0.4) is 0 Å². The fourth-order valence-electron chi connectivity index (χ4n) is 7.56. The molecule has 3 amide bonds. The third-order valence-electron chi connectivity index (χ3n) is 9.62. The Hall–Kier alpha value is -3.62. The number of aryl methyl sites for hydroxylation is 2. The van der Waals surface area contributed by atoms with E-state index < -0.39 is 33.4 Å². The Morgan fingerprint density at radius 2 is 1.65 bits per heavy atom. The van der Waals surface area contributed by atoms with Crippen molar-refractivity contribution in [3.63, 3.8) is 0 Å². The lowest BCUT2D eigenvalue weighted by Crippen LogP contribution is -2.55. The Morgan fingerprint density at radius 3 is 2.33 bits per heavy atom. The smallest absolute Gasteiger partial charge is 0.248 e. The monoisotopic (exact) mass is 597 g/mol. The summed E-state index contributed by atoms with van der Waals surface area (Å²) >= 11 is 1.64. The minimum atomic E-state index is -0.829. The van der Waals surface area contributed by atoms with Crippen molar-refractivity contribution in [3.05, 3.63) is 101 Å². The van der Waals surface area contributed by atoms with Crippen molar-refractivity contribution in [2.45, 2.75) is 68.2 Å². The predicted molar refractivity (Wildman–Crippen MR) is 169 cm³/mol. The van der Waals surface area contributed by atoms with Gasteiger partial charge in [-0.2, -0.15) is 0 Å². The van der Waals surface area contributed by atoms with Gasteiger partial charge in [0.25, 0.3) is 0 Å². The Kier molecular flexibility index (Phi) is 7.86. The summed E-state index contributed by atoms with van der Waals surface area (Å²) in [6.07, 6.45) is 1.79. The predicted octanol–water partition coefficient (Wildman–Crippen LogP) is 4.64. The van der Waals surface area contributed by atoms with E-state index in [2.05, 4.69) is 17.6 Å². The van der Waals surface area contributed by atoms with Crippen LogP contribution in [-0.2, 0) is 27.3 Å². The molecule has 7 nitrogen and oxygen atoms in total. The summed E-state index contributed by atoms with van der Waals surface area (Å²) in [5.74, 6) is -1.88. The number of carbonyl (C=O) groups excluding carboxylic acids is 3. The van der Waals surface area contributed by atoms with E-state index in [1.165, 1.54) is 0 Å². The molecule has 224 valence electrons. The number of hydrogen-bond donors (Lipinski definition) is 3. The first kappa shape index (κ1) is 29.5. The van der Waals surface area contributed by atoms with Gasteiger partial charge in [0.05, 0.1) is 29.2 Å². The van der Waals surface area contributed by atoms with E-state index in [1.54, 1.807) is 16.7 Å². The summed E-state index contributed by atoms with van der Waals surface area (Å²) in [5.41, 5.74) is 4.62. The van der Waals surface area contributed by atoms with Crippen LogP contribution in [0, 0.1) is 25.7 Å². The number of nitrogens with one attached hydrogen (secondary N) is 2. The number of aliphatic hydroxyl groups excluding tert-OH is 1. The number of benzene rings is 3. The highest BCUT2D eigenvalue weighted by Gasteiger charge is 2.77. The quantitative estimate of drug-likeness (QED) is 0.334. The van der Waals surface area contributed by atoms with E-state index in [0.717, 1.165) is 28.7 Å². The fourth-order valence-corrected chi connectivity index (χ4v) is 9.90. The van der Waals surface area contributed by atoms with E-state index in [1.807, 2.05) is 92.7 Å². The topological polar surface area (TPSA) is 98.7 Å². The summed E-state index contributed by atoms with van der Waals surface area (Å²) < 4.78 is -1.24. The number of hydrogen-bond acceptors (Lipinski definition) is 5. The molecule has 0 radical (unpaired) electrons. The molecule has 3 heterocycles. The molecule has 3 N–H and O–H groups in total. The van der Waals surface area contributed by atoms with E-state index in [4.69, 9.17) is 0 Å². The summed E-state index contributed by atoms with van der Waals surface area (Å²) in [6, 6.07) is 23.9. The second kappa shape index (κ2) is 11.5. The van der Waals surface area contributed by atoms with E-state index in [-0.39, 0.29) is 24.3 Å². The third kappa shape index (κ3) is 5.14. The highest BCUT2D eigenvalue weighted by atomic mass is 32.2. The van der Waals surface area contributed by atoms with Gasteiger partial charge in [0.15, 0.2) is 0 Å². The molecule has 0 aliphatic carbocycles. The van der Waals surface area contributed by atoms with E-state index in [0.29, 0.717) is 25.1 Å². The Morgan fingerprint density at radius 1 is 0.977 bits per heavy atom. The van der Waals surface area contributed by atoms with Crippen LogP contribution in [0.15, 0.2) is 78.9 Å². The third-order valence-corrected chi connectivity index (χ3v) is 11.6. The molecule has 3 saturated heterocycles. The van der Waals surface area contributed by atoms with Gasteiger partial charge in [0.2, 0.25) is 17.7 Å². The summed E-state index contributed by atoms with van der Waals surface area (Å²) in [4.78, 5) is 44.6. The van der Waals surface area contributed by atoms with Crippen LogP contribution >= 0.6 is 11.8 Å². The minimum Gasteiger partial charge on any atom is -0.394 e. The standard InChI is InChI=1S/C35H39N3O4S/c1-22-14-15-23(2)27(18-22)37-32(41)30-35-17-16-34(3,43-35)28(31(40)36-20-25-12-8-5-9-13-25)29(35)33(42)38(30)26(21-39)19-24-10-6-4-7-11-24/h4-15,18,26,28-30,39H,16-17,19-21H2,1-3H3,(H,36,40)(H,37,41)/t26-,28-,29+,30?,34+,35?/m1/s1. The summed E-state index contributed by atoms with van der Waals surface area (Å²) in [7, 11) is 0. The van der Waals surface area contributed by atoms with Gasteiger partial charge in [-0.05, 0) is 68.4 Å². The average molecular weight is 598 g/mol. The molecule has 0 saturated carbocycles. The van der Waals surface area contributed by atoms with Gasteiger partial charge in [0.1, 0.15) is 6.04 Å². The number of fused-ring (bicyclic) bond motifs is 1. The summed E-state index contributed by atoms with van der Waals surface area (Å²) in [6.45, 7) is 6.08. The van der Waals surface area contributed by atoms with Gasteiger partial charge in [0, 0.05) is 17.0 Å². The van der Waals surface area contributed by atoms with Crippen molar-refractivity contribution in [3.8, 4) is 0 Å². The molecular weight excluding hydrogens is 558 g/mol. The zero-order valence-electron chi connectivity index (χ0n) is 24.9. The van der Waals surface area contributed by atoms with Gasteiger partial charge < -0.3 is 20.6 Å². The lowest BCUT2D eigenvalue weighted by atomic mass is 9.66. The van der Waals surface area contributed by atoms with Crippen LogP contribution in [0.25, 0.3) is 0 Å². The van der Waals surface area contributed by atoms with Crippen molar-refractivity contribution in [2.24, 2.45) is 11.8 Å². The number of rotatable bonds is 9. The molecule has 2 unspecified atom stereocenters. The number of thioether (sulfide) groups is 1. The van der Waals surface area contributed by atoms with Crippen molar-refractivity contribution < 1.29 is 19.5 Å². The van der Waals surface area contributed by atoms with Gasteiger partial charge >= 0.3 is 0 Å². The number of amides is 3. The molecule has 6 atom stereocenters. The largest absolute Gasteiger partial charge is 0.394 e. The maximum absolute atomic E-state index is 14.6. The van der Waals surface area contributed by atoms with Gasteiger partial charge in [-0.1, -0.05) is 72.8 Å². The van der Waals surface area contributed by atoms with Crippen LogP contribution in [0.4, 0.5) is 5.69 Å². The average Bonchev–Trinajstić information content (AvgIpc) is 3.58. The molecule has 0 aromatic heterocycles. The first-order valence-electron chi connectivity index (χ1n) is 15.0. The van der Waals surface area contributed by atoms with Gasteiger partial charge in [-0.15, -0.1) is 11.8 Å². The van der Waals surface area contributed by atoms with Crippen molar-refractivity contribution in [1.82, 2.24) is 10.2 Å². The van der Waals surface area contributed by atoms with E-state index >= 15 is 0 Å². The molecule has 3 aromatic rings. The van der Waals surface area contributed by atoms with Crippen molar-refractivity contribution >= 4 is 35.2 Å². The fraction of sp³-hybridized carbons (Fsp3) is 0.400. The molecule has 3 aliphatic rings. The van der Waals surface area contributed by atoms with Crippen LogP contribution in [0.1, 0.15) is 42.0 Å². The van der Waals surface area contributed by atoms with Crippen LogP contribution in [-0.4, -0.2) is 55.9 Å². The zero-order valence-corrected chi connectivity index (χ0v) is 25.7. The van der Waals surface area contributed by atoms with Crippen molar-refractivity contribution in [1.29, 1.82) is 0 Å². The minimum absolute atomic E-state index is 0.155. The SMILES string of the molecule is Cc1ccc(C)c(NC(=O)C2N([C@@H](CO)Cc3ccccc3)C(=O)[C@@H]3[C@H](C(=O)NCc4ccccc4)[C@]4(C)CCC23S4)c1. The van der Waals surface area contributed by atoms with Crippen molar-refractivity contribution in [2.75, 3.05) is 11.9 Å². The zero-order chi connectivity index (χ0) is 30.4.